The number of phenolic OH excluding ortho intramolecular Hbond substituents is 1. The molecular formula is C21H28N4O10S. The molecule has 0 aliphatic rings. The summed E-state index contributed by atoms with van der Waals surface area (Å²) in [6, 6.07) is -0.243. The van der Waals surface area contributed by atoms with Gasteiger partial charge in [0.05, 0.1) is 12.5 Å². The molecule has 14 nitrogen and oxygen atoms in total. The number of carboxylic acids is 3. The van der Waals surface area contributed by atoms with E-state index < -0.39 is 72.6 Å². The van der Waals surface area contributed by atoms with Crippen molar-refractivity contribution >= 4 is 48.3 Å². The lowest BCUT2D eigenvalue weighted by Crippen LogP contribution is -2.58. The van der Waals surface area contributed by atoms with Crippen molar-refractivity contribution in [1.82, 2.24) is 16.0 Å². The molecule has 36 heavy (non-hydrogen) atoms. The Morgan fingerprint density at radius 3 is 1.83 bits per heavy atom. The van der Waals surface area contributed by atoms with Crippen LogP contribution in [0.4, 0.5) is 0 Å². The van der Waals surface area contributed by atoms with Crippen molar-refractivity contribution in [2.24, 2.45) is 5.73 Å². The Morgan fingerprint density at radius 2 is 1.33 bits per heavy atom. The average Bonchev–Trinajstić information content (AvgIpc) is 2.80. The molecule has 4 atom stereocenters. The van der Waals surface area contributed by atoms with E-state index in [1.807, 2.05) is 0 Å². The SMILES string of the molecule is NC(CCC(=O)O)C(=O)NC(Cc1ccc(O)cc1)C(=O)NC(CC(=O)O)C(=O)NC(CS)C(=O)O. The van der Waals surface area contributed by atoms with Gasteiger partial charge in [0.2, 0.25) is 17.7 Å². The maximum absolute atomic E-state index is 13.0. The van der Waals surface area contributed by atoms with Gasteiger partial charge in [0.15, 0.2) is 0 Å². The maximum Gasteiger partial charge on any atom is 0.327 e. The highest BCUT2D eigenvalue weighted by molar-refractivity contribution is 7.80. The highest BCUT2D eigenvalue weighted by atomic mass is 32.1. The molecule has 3 amide bonds. The van der Waals surface area contributed by atoms with E-state index >= 15 is 0 Å². The van der Waals surface area contributed by atoms with E-state index in [2.05, 4.69) is 28.6 Å². The lowest BCUT2D eigenvalue weighted by molar-refractivity contribution is -0.143. The lowest BCUT2D eigenvalue weighted by atomic mass is 10.0. The van der Waals surface area contributed by atoms with Gasteiger partial charge in [-0.1, -0.05) is 12.1 Å². The molecule has 9 N–H and O–H groups in total. The monoisotopic (exact) mass is 528 g/mol. The zero-order valence-electron chi connectivity index (χ0n) is 18.9. The topological polar surface area (TPSA) is 245 Å². The number of aromatic hydroxyl groups is 1. The van der Waals surface area contributed by atoms with E-state index in [0.29, 0.717) is 5.56 Å². The summed E-state index contributed by atoms with van der Waals surface area (Å²) >= 11 is 3.81. The average molecular weight is 529 g/mol. The number of aliphatic carboxylic acids is 3. The third-order valence-electron chi connectivity index (χ3n) is 4.82. The largest absolute Gasteiger partial charge is 0.508 e. The number of thiol groups is 1. The number of phenols is 1. The molecule has 4 unspecified atom stereocenters. The van der Waals surface area contributed by atoms with Crippen LogP contribution in [-0.2, 0) is 35.2 Å². The van der Waals surface area contributed by atoms with Crippen LogP contribution in [0.1, 0.15) is 24.8 Å². The number of carboxylic acid groups (broad SMARTS) is 3. The number of nitrogens with one attached hydrogen (secondary N) is 3. The standard InChI is InChI=1S/C21H28N4O10S/c22-12(5-6-16(27)28)18(31)23-13(7-10-1-3-11(26)4-2-10)19(32)24-14(8-17(29)30)20(33)25-15(9-36)21(34)35/h1-4,12-15,26,36H,5-9,22H2,(H,23,31)(H,24,32)(H,25,33)(H,27,28)(H,29,30)(H,34,35). The molecule has 1 aromatic carbocycles. The van der Waals surface area contributed by atoms with Crippen molar-refractivity contribution in [3.05, 3.63) is 29.8 Å². The van der Waals surface area contributed by atoms with Gasteiger partial charge in [-0.3, -0.25) is 24.0 Å². The molecule has 0 aliphatic carbocycles. The smallest absolute Gasteiger partial charge is 0.327 e. The zero-order valence-corrected chi connectivity index (χ0v) is 19.8. The van der Waals surface area contributed by atoms with Gasteiger partial charge in [-0.05, 0) is 24.1 Å². The molecule has 0 saturated heterocycles. The normalized spacial score (nSPS) is 13.9. The molecule has 1 rings (SSSR count). The fraction of sp³-hybridized carbons (Fsp3) is 0.429. The summed E-state index contributed by atoms with van der Waals surface area (Å²) in [7, 11) is 0. The summed E-state index contributed by atoms with van der Waals surface area (Å²) < 4.78 is 0. The van der Waals surface area contributed by atoms with Gasteiger partial charge >= 0.3 is 17.9 Å². The van der Waals surface area contributed by atoms with Crippen molar-refractivity contribution < 1.29 is 49.2 Å². The van der Waals surface area contributed by atoms with Crippen LogP contribution in [0.3, 0.4) is 0 Å². The first-order valence-electron chi connectivity index (χ1n) is 10.6. The van der Waals surface area contributed by atoms with Crippen LogP contribution in [0.25, 0.3) is 0 Å². The minimum absolute atomic E-state index is 0.0603. The van der Waals surface area contributed by atoms with Crippen molar-refractivity contribution in [2.45, 2.75) is 49.9 Å². The van der Waals surface area contributed by atoms with Crippen LogP contribution in [-0.4, -0.2) is 86.0 Å². The van der Waals surface area contributed by atoms with Gasteiger partial charge < -0.3 is 42.1 Å². The molecule has 0 radical (unpaired) electrons. The molecule has 0 heterocycles. The van der Waals surface area contributed by atoms with Crippen molar-refractivity contribution in [2.75, 3.05) is 5.75 Å². The number of carbonyl (C=O) groups is 6. The number of hydrogen-bond acceptors (Lipinski definition) is 9. The van der Waals surface area contributed by atoms with Crippen molar-refractivity contribution in [3.8, 4) is 5.75 Å². The summed E-state index contributed by atoms with van der Waals surface area (Å²) in [5, 5.41) is 43.1. The highest BCUT2D eigenvalue weighted by Gasteiger charge is 2.31. The quantitative estimate of drug-likeness (QED) is 0.113. The second-order valence-corrected chi connectivity index (χ2v) is 8.08. The van der Waals surface area contributed by atoms with E-state index in [0.717, 1.165) is 0 Å². The molecule has 198 valence electrons. The van der Waals surface area contributed by atoms with Gasteiger partial charge in [0.25, 0.3) is 0 Å². The van der Waals surface area contributed by atoms with Crippen molar-refractivity contribution in [3.63, 3.8) is 0 Å². The lowest BCUT2D eigenvalue weighted by Gasteiger charge is -2.24. The van der Waals surface area contributed by atoms with Crippen LogP contribution >= 0.6 is 12.6 Å². The Kier molecular flexibility index (Phi) is 12.2. The predicted octanol–water partition coefficient (Wildman–Crippen LogP) is -1.93. The summed E-state index contributed by atoms with van der Waals surface area (Å²) in [6.07, 6.45) is -1.69. The van der Waals surface area contributed by atoms with Crippen LogP contribution in [0, 0.1) is 0 Å². The van der Waals surface area contributed by atoms with E-state index in [-0.39, 0.29) is 24.3 Å². The van der Waals surface area contributed by atoms with E-state index in [1.54, 1.807) is 0 Å². The minimum atomic E-state index is -1.70. The number of nitrogens with two attached hydrogens (primary N) is 1. The van der Waals surface area contributed by atoms with Gasteiger partial charge in [-0.15, -0.1) is 0 Å². The van der Waals surface area contributed by atoms with Crippen LogP contribution in [0.5, 0.6) is 5.75 Å². The van der Waals surface area contributed by atoms with E-state index in [1.165, 1.54) is 24.3 Å². The predicted molar refractivity (Wildman–Crippen MR) is 126 cm³/mol. The van der Waals surface area contributed by atoms with Gasteiger partial charge in [0.1, 0.15) is 23.9 Å². The number of rotatable bonds is 15. The van der Waals surface area contributed by atoms with Crippen LogP contribution < -0.4 is 21.7 Å². The van der Waals surface area contributed by atoms with Crippen LogP contribution in [0.15, 0.2) is 24.3 Å². The number of carbonyl (C=O) groups excluding carboxylic acids is 3. The first-order valence-corrected chi connectivity index (χ1v) is 11.2. The molecule has 0 bridgehead atoms. The number of amides is 3. The molecule has 0 aliphatic heterocycles. The summed E-state index contributed by atoms with van der Waals surface area (Å²) in [5.41, 5.74) is 6.16. The Bertz CT molecular complexity index is 972. The zero-order chi connectivity index (χ0) is 27.4. The molecule has 0 saturated carbocycles. The fourth-order valence-corrected chi connectivity index (χ4v) is 3.13. The van der Waals surface area contributed by atoms with Gasteiger partial charge in [-0.25, -0.2) is 4.79 Å². The Labute approximate surface area is 210 Å². The highest BCUT2D eigenvalue weighted by Crippen LogP contribution is 2.12. The third-order valence-corrected chi connectivity index (χ3v) is 5.19. The summed E-state index contributed by atoms with van der Waals surface area (Å²) in [5.74, 6) is -7.39. The van der Waals surface area contributed by atoms with Crippen molar-refractivity contribution in [1.29, 1.82) is 0 Å². The van der Waals surface area contributed by atoms with Crippen LogP contribution in [0.2, 0.25) is 0 Å². The van der Waals surface area contributed by atoms with Gasteiger partial charge in [0, 0.05) is 18.6 Å². The first-order chi connectivity index (χ1) is 16.8. The Morgan fingerprint density at radius 1 is 0.806 bits per heavy atom. The first kappa shape index (κ1) is 30.2. The summed E-state index contributed by atoms with van der Waals surface area (Å²) in [4.78, 5) is 71.2. The molecule has 0 spiro atoms. The van der Waals surface area contributed by atoms with E-state index in [4.69, 9.17) is 21.1 Å². The molecule has 1 aromatic rings. The molecule has 0 fully saturated rings. The molecule has 15 heteroatoms. The second kappa shape index (κ2) is 14.5. The van der Waals surface area contributed by atoms with Gasteiger partial charge in [-0.2, -0.15) is 12.6 Å². The number of hydrogen-bond donors (Lipinski definition) is 9. The molecule has 0 aromatic heterocycles. The third kappa shape index (κ3) is 10.6. The number of benzene rings is 1. The summed E-state index contributed by atoms with van der Waals surface area (Å²) in [6.45, 7) is 0. The fourth-order valence-electron chi connectivity index (χ4n) is 2.88. The Balaban J connectivity index is 3.11. The Hall–Kier alpha value is -3.85. The second-order valence-electron chi connectivity index (χ2n) is 7.71. The minimum Gasteiger partial charge on any atom is -0.508 e. The van der Waals surface area contributed by atoms with E-state index in [9.17, 15) is 33.9 Å². The maximum atomic E-state index is 13.0. The molecular weight excluding hydrogens is 500 g/mol.